The van der Waals surface area contributed by atoms with Gasteiger partial charge in [0.2, 0.25) is 0 Å². The molecule has 0 fully saturated rings. The molecule has 0 atom stereocenters. The first-order valence-electron chi connectivity index (χ1n) is 4.26. The van der Waals surface area contributed by atoms with Gasteiger partial charge in [0.25, 0.3) is 0 Å². The van der Waals surface area contributed by atoms with E-state index >= 15 is 0 Å². The van der Waals surface area contributed by atoms with Crippen LogP contribution in [-0.4, -0.2) is 11.6 Å². The second-order valence-corrected chi connectivity index (χ2v) is 2.96. The van der Waals surface area contributed by atoms with Gasteiger partial charge in [-0.1, -0.05) is 6.07 Å². The van der Waals surface area contributed by atoms with Gasteiger partial charge in [0, 0.05) is 11.6 Å². The molecular formula is C10H8F2N2O. The van der Waals surface area contributed by atoms with E-state index in [1.54, 1.807) is 18.3 Å². The highest BCUT2D eigenvalue weighted by Crippen LogP contribution is 2.24. The summed E-state index contributed by atoms with van der Waals surface area (Å²) < 4.78 is 28.2. The summed E-state index contributed by atoms with van der Waals surface area (Å²) in [6.45, 7) is -2.83. The number of nitrogens with zero attached hydrogens (tertiary/aromatic N) is 1. The molecule has 2 aromatic rings. The number of pyridine rings is 1. The summed E-state index contributed by atoms with van der Waals surface area (Å²) in [5.41, 5.74) is 5.60. The van der Waals surface area contributed by atoms with Gasteiger partial charge in [-0.25, -0.2) is 4.98 Å². The molecule has 2 N–H and O–H groups in total. The van der Waals surface area contributed by atoms with Crippen LogP contribution in [0.25, 0.3) is 10.8 Å². The zero-order valence-electron chi connectivity index (χ0n) is 7.65. The normalized spacial score (nSPS) is 10.9. The van der Waals surface area contributed by atoms with Gasteiger partial charge in [-0.05, 0) is 23.6 Å². The molecule has 1 aromatic carbocycles. The SMILES string of the molecule is Nc1nccc2ccc(OC(F)F)cc12. The van der Waals surface area contributed by atoms with Crippen LogP contribution < -0.4 is 10.5 Å². The summed E-state index contributed by atoms with van der Waals surface area (Å²) in [6, 6.07) is 6.32. The zero-order valence-corrected chi connectivity index (χ0v) is 7.65. The lowest BCUT2D eigenvalue weighted by Crippen LogP contribution is -2.01. The molecule has 0 aliphatic carbocycles. The van der Waals surface area contributed by atoms with Gasteiger partial charge in [-0.2, -0.15) is 8.78 Å². The van der Waals surface area contributed by atoms with Crippen LogP contribution in [0.2, 0.25) is 0 Å². The van der Waals surface area contributed by atoms with Crippen LogP contribution in [0.5, 0.6) is 5.75 Å². The molecule has 0 unspecified atom stereocenters. The van der Waals surface area contributed by atoms with Gasteiger partial charge in [-0.15, -0.1) is 0 Å². The Kier molecular flexibility index (Phi) is 2.37. The lowest BCUT2D eigenvalue weighted by Gasteiger charge is -2.06. The molecule has 15 heavy (non-hydrogen) atoms. The number of anilines is 1. The molecule has 0 saturated carbocycles. The molecule has 1 heterocycles. The number of rotatable bonds is 2. The van der Waals surface area contributed by atoms with Crippen LogP contribution in [0, 0.1) is 0 Å². The van der Waals surface area contributed by atoms with Crippen molar-refractivity contribution < 1.29 is 13.5 Å². The number of ether oxygens (including phenoxy) is 1. The van der Waals surface area contributed by atoms with Crippen LogP contribution in [0.4, 0.5) is 14.6 Å². The predicted octanol–water partition coefficient (Wildman–Crippen LogP) is 2.42. The van der Waals surface area contributed by atoms with E-state index in [9.17, 15) is 8.78 Å². The Balaban J connectivity index is 2.50. The van der Waals surface area contributed by atoms with Crippen LogP contribution in [-0.2, 0) is 0 Å². The Labute approximate surface area is 84.5 Å². The summed E-state index contributed by atoms with van der Waals surface area (Å²) in [4.78, 5) is 3.86. The number of hydrogen-bond donors (Lipinski definition) is 1. The highest BCUT2D eigenvalue weighted by atomic mass is 19.3. The number of benzene rings is 1. The summed E-state index contributed by atoms with van der Waals surface area (Å²) in [5, 5.41) is 1.44. The number of alkyl halides is 2. The molecule has 2 rings (SSSR count). The number of halogens is 2. The van der Waals surface area contributed by atoms with Gasteiger partial charge in [0.15, 0.2) is 0 Å². The monoisotopic (exact) mass is 210 g/mol. The van der Waals surface area contributed by atoms with Crippen LogP contribution in [0.15, 0.2) is 30.5 Å². The Morgan fingerprint density at radius 1 is 1.27 bits per heavy atom. The Morgan fingerprint density at radius 2 is 2.07 bits per heavy atom. The van der Waals surface area contributed by atoms with Crippen molar-refractivity contribution >= 4 is 16.6 Å². The van der Waals surface area contributed by atoms with Crippen molar-refractivity contribution in [3.63, 3.8) is 0 Å². The average molecular weight is 210 g/mol. The molecule has 3 nitrogen and oxygen atoms in total. The van der Waals surface area contributed by atoms with E-state index in [0.717, 1.165) is 5.39 Å². The number of nitrogens with two attached hydrogens (primary N) is 1. The third-order valence-electron chi connectivity index (χ3n) is 1.99. The maximum absolute atomic E-state index is 12.0. The lowest BCUT2D eigenvalue weighted by atomic mass is 10.1. The van der Waals surface area contributed by atoms with Crippen LogP contribution >= 0.6 is 0 Å². The third-order valence-corrected chi connectivity index (χ3v) is 1.99. The van der Waals surface area contributed by atoms with Crippen molar-refractivity contribution in [3.8, 4) is 5.75 Å². The van der Waals surface area contributed by atoms with E-state index in [0.29, 0.717) is 11.2 Å². The Hall–Kier alpha value is -1.91. The van der Waals surface area contributed by atoms with Crippen molar-refractivity contribution in [1.82, 2.24) is 4.98 Å². The van der Waals surface area contributed by atoms with Gasteiger partial charge in [0.1, 0.15) is 11.6 Å². The molecule has 5 heteroatoms. The van der Waals surface area contributed by atoms with E-state index in [2.05, 4.69) is 9.72 Å². The molecule has 0 saturated heterocycles. The molecule has 0 amide bonds. The maximum atomic E-state index is 12.0. The van der Waals surface area contributed by atoms with Crippen molar-refractivity contribution in [3.05, 3.63) is 30.5 Å². The topological polar surface area (TPSA) is 48.1 Å². The van der Waals surface area contributed by atoms with Crippen molar-refractivity contribution in [2.24, 2.45) is 0 Å². The fraction of sp³-hybridized carbons (Fsp3) is 0.100. The minimum atomic E-state index is -2.83. The van der Waals surface area contributed by atoms with E-state index in [4.69, 9.17) is 5.73 Å². The smallest absolute Gasteiger partial charge is 0.387 e. The Bertz CT molecular complexity index is 488. The Morgan fingerprint density at radius 3 is 2.80 bits per heavy atom. The van der Waals surface area contributed by atoms with Gasteiger partial charge < -0.3 is 10.5 Å². The molecule has 1 aromatic heterocycles. The molecule has 0 radical (unpaired) electrons. The molecule has 0 aliphatic rings. The summed E-state index contributed by atoms with van der Waals surface area (Å²) in [6.07, 6.45) is 1.56. The largest absolute Gasteiger partial charge is 0.435 e. The first-order valence-corrected chi connectivity index (χ1v) is 4.26. The van der Waals surface area contributed by atoms with Crippen molar-refractivity contribution in [2.75, 3.05) is 5.73 Å². The first kappa shape index (κ1) is 9.64. The number of fused-ring (bicyclic) bond motifs is 1. The highest BCUT2D eigenvalue weighted by molar-refractivity contribution is 5.91. The fourth-order valence-electron chi connectivity index (χ4n) is 1.35. The predicted molar refractivity (Wildman–Crippen MR) is 52.8 cm³/mol. The third kappa shape index (κ3) is 1.96. The second kappa shape index (κ2) is 3.68. The van der Waals surface area contributed by atoms with E-state index in [-0.39, 0.29) is 5.75 Å². The highest BCUT2D eigenvalue weighted by Gasteiger charge is 2.06. The van der Waals surface area contributed by atoms with Crippen LogP contribution in [0.3, 0.4) is 0 Å². The summed E-state index contributed by atoms with van der Waals surface area (Å²) >= 11 is 0. The van der Waals surface area contributed by atoms with E-state index in [1.165, 1.54) is 12.1 Å². The minimum Gasteiger partial charge on any atom is -0.435 e. The van der Waals surface area contributed by atoms with Crippen molar-refractivity contribution in [1.29, 1.82) is 0 Å². The number of hydrogen-bond acceptors (Lipinski definition) is 3. The summed E-state index contributed by atoms with van der Waals surface area (Å²) in [7, 11) is 0. The molecule has 0 bridgehead atoms. The van der Waals surface area contributed by atoms with E-state index < -0.39 is 6.61 Å². The standard InChI is InChI=1S/C10H8F2N2O/c11-10(12)15-7-2-1-6-3-4-14-9(13)8(6)5-7/h1-5,10H,(H2,13,14). The van der Waals surface area contributed by atoms with Gasteiger partial charge >= 0.3 is 6.61 Å². The van der Waals surface area contributed by atoms with E-state index in [1.807, 2.05) is 0 Å². The molecule has 0 aliphatic heterocycles. The first-order chi connectivity index (χ1) is 7.16. The minimum absolute atomic E-state index is 0.0807. The fourth-order valence-corrected chi connectivity index (χ4v) is 1.35. The average Bonchev–Trinajstić information content (AvgIpc) is 2.18. The van der Waals surface area contributed by atoms with Crippen molar-refractivity contribution in [2.45, 2.75) is 6.61 Å². The number of nitrogen functional groups attached to an aromatic ring is 1. The molecule has 78 valence electrons. The maximum Gasteiger partial charge on any atom is 0.387 e. The van der Waals surface area contributed by atoms with Gasteiger partial charge in [-0.3, -0.25) is 0 Å². The zero-order chi connectivity index (χ0) is 10.8. The molecular weight excluding hydrogens is 202 g/mol. The van der Waals surface area contributed by atoms with Gasteiger partial charge in [0.05, 0.1) is 0 Å². The number of aromatic nitrogens is 1. The second-order valence-electron chi connectivity index (χ2n) is 2.96. The van der Waals surface area contributed by atoms with Crippen LogP contribution in [0.1, 0.15) is 0 Å². The summed E-state index contributed by atoms with van der Waals surface area (Å²) in [5.74, 6) is 0.379. The quantitative estimate of drug-likeness (QED) is 0.827. The lowest BCUT2D eigenvalue weighted by molar-refractivity contribution is -0.0497. The molecule has 0 spiro atoms.